The van der Waals surface area contributed by atoms with Gasteiger partial charge in [0.15, 0.2) is 16.6 Å². The number of ether oxygens (including phenoxy) is 2. The van der Waals surface area contributed by atoms with Gasteiger partial charge in [-0.15, -0.1) is 0 Å². The van der Waals surface area contributed by atoms with Gasteiger partial charge in [0, 0.05) is 5.56 Å². The first-order chi connectivity index (χ1) is 14.5. The van der Waals surface area contributed by atoms with E-state index in [0.29, 0.717) is 17.1 Å². The minimum Gasteiger partial charge on any atom is -0.493 e. The lowest BCUT2D eigenvalue weighted by Crippen LogP contribution is -2.48. The third-order valence-corrected chi connectivity index (χ3v) is 4.62. The van der Waals surface area contributed by atoms with Crippen LogP contribution in [0.5, 0.6) is 11.5 Å². The number of methoxy groups -OCH3 is 2. The highest BCUT2D eigenvalue weighted by molar-refractivity contribution is 7.80. The average molecular weight is 423 g/mol. The summed E-state index contributed by atoms with van der Waals surface area (Å²) in [5.74, 6) is 0.208. The Morgan fingerprint density at radius 1 is 0.900 bits per heavy atom. The highest BCUT2D eigenvalue weighted by Gasteiger charge is 2.12. The topological polar surface area (TPSA) is 88.7 Å². The van der Waals surface area contributed by atoms with Gasteiger partial charge in [-0.25, -0.2) is 0 Å². The highest BCUT2D eigenvalue weighted by Crippen LogP contribution is 2.27. The van der Waals surface area contributed by atoms with E-state index < -0.39 is 5.91 Å². The van der Waals surface area contributed by atoms with E-state index in [1.807, 2.05) is 42.5 Å². The lowest BCUT2D eigenvalue weighted by atomic mass is 10.0. The van der Waals surface area contributed by atoms with Gasteiger partial charge in [-0.1, -0.05) is 42.5 Å². The smallest absolute Gasteiger partial charge is 0.269 e. The molecule has 7 nitrogen and oxygen atoms in total. The summed E-state index contributed by atoms with van der Waals surface area (Å²) < 4.78 is 10.3. The van der Waals surface area contributed by atoms with Crippen molar-refractivity contribution in [2.75, 3.05) is 14.2 Å². The Balaban J connectivity index is 1.55. The van der Waals surface area contributed by atoms with E-state index in [9.17, 15) is 9.59 Å². The van der Waals surface area contributed by atoms with Gasteiger partial charge in [-0.05, 0) is 46.8 Å². The van der Waals surface area contributed by atoms with Crippen molar-refractivity contribution in [3.05, 3.63) is 71.8 Å². The molecule has 0 aliphatic rings. The summed E-state index contributed by atoms with van der Waals surface area (Å²) >= 11 is 5.10. The first-order valence-corrected chi connectivity index (χ1v) is 9.51. The molecule has 3 aromatic carbocycles. The molecule has 0 spiro atoms. The molecule has 0 aliphatic heterocycles. The number of fused-ring (bicyclic) bond motifs is 1. The highest BCUT2D eigenvalue weighted by atomic mass is 32.1. The van der Waals surface area contributed by atoms with E-state index in [1.54, 1.807) is 12.1 Å². The molecular weight excluding hydrogens is 402 g/mol. The molecule has 0 fully saturated rings. The summed E-state index contributed by atoms with van der Waals surface area (Å²) in [6.45, 7) is 0. The molecular formula is C22H21N3O4S. The van der Waals surface area contributed by atoms with Gasteiger partial charge in [-0.2, -0.15) is 0 Å². The minimum absolute atomic E-state index is 0.00550. The predicted octanol–water partition coefficient (Wildman–Crippen LogP) is 2.74. The number of hydrogen-bond donors (Lipinski definition) is 3. The lowest BCUT2D eigenvalue weighted by molar-refractivity contribution is -0.119. The molecule has 8 heteroatoms. The Hall–Kier alpha value is -3.65. The van der Waals surface area contributed by atoms with Gasteiger partial charge < -0.3 is 14.8 Å². The van der Waals surface area contributed by atoms with Gasteiger partial charge in [0.05, 0.1) is 20.6 Å². The molecule has 0 saturated heterocycles. The fourth-order valence-electron chi connectivity index (χ4n) is 2.98. The second-order valence-electron chi connectivity index (χ2n) is 6.34. The van der Waals surface area contributed by atoms with Gasteiger partial charge >= 0.3 is 0 Å². The molecule has 0 unspecified atom stereocenters. The van der Waals surface area contributed by atoms with Gasteiger partial charge in [-0.3, -0.25) is 20.4 Å². The zero-order valence-electron chi connectivity index (χ0n) is 16.5. The zero-order chi connectivity index (χ0) is 21.5. The number of hydrogen-bond acceptors (Lipinski definition) is 5. The molecule has 0 heterocycles. The standard InChI is InChI=1S/C22H21N3O4S/c1-28-18-11-10-16(12-19(18)29-2)21(27)24-25-22(30)23-20(26)13-15-8-5-7-14-6-3-4-9-17(14)15/h3-12H,13H2,1-2H3,(H,24,27)(H2,23,25,26,30). The summed E-state index contributed by atoms with van der Waals surface area (Å²) in [4.78, 5) is 24.7. The largest absolute Gasteiger partial charge is 0.493 e. The van der Waals surface area contributed by atoms with Crippen LogP contribution in [-0.2, 0) is 11.2 Å². The van der Waals surface area contributed by atoms with Crippen molar-refractivity contribution in [3.8, 4) is 11.5 Å². The van der Waals surface area contributed by atoms with Crippen LogP contribution in [0.2, 0.25) is 0 Å². The third kappa shape index (κ3) is 5.03. The normalized spacial score (nSPS) is 10.2. The Morgan fingerprint density at radius 2 is 1.63 bits per heavy atom. The number of rotatable bonds is 5. The number of carbonyl (C=O) groups excluding carboxylic acids is 2. The third-order valence-electron chi connectivity index (χ3n) is 4.42. The molecule has 154 valence electrons. The summed E-state index contributed by atoms with van der Waals surface area (Å²) in [7, 11) is 3.00. The fraction of sp³-hybridized carbons (Fsp3) is 0.136. The fourth-order valence-corrected chi connectivity index (χ4v) is 3.15. The maximum absolute atomic E-state index is 12.4. The maximum Gasteiger partial charge on any atom is 0.269 e. The van der Waals surface area contributed by atoms with Crippen LogP contribution < -0.4 is 25.6 Å². The quantitative estimate of drug-likeness (QED) is 0.432. The van der Waals surface area contributed by atoms with Crippen LogP contribution in [0.4, 0.5) is 0 Å². The first-order valence-electron chi connectivity index (χ1n) is 9.10. The van der Waals surface area contributed by atoms with Crippen LogP contribution in [0, 0.1) is 0 Å². The molecule has 30 heavy (non-hydrogen) atoms. The minimum atomic E-state index is -0.443. The molecule has 0 bridgehead atoms. The van der Waals surface area contributed by atoms with E-state index in [1.165, 1.54) is 20.3 Å². The molecule has 0 atom stereocenters. The number of hydrazine groups is 1. The number of benzene rings is 3. The first kappa shape index (κ1) is 21.1. The van der Waals surface area contributed by atoms with E-state index in [0.717, 1.165) is 16.3 Å². The van der Waals surface area contributed by atoms with Crippen LogP contribution in [0.25, 0.3) is 10.8 Å². The Morgan fingerprint density at radius 3 is 2.40 bits per heavy atom. The second-order valence-corrected chi connectivity index (χ2v) is 6.75. The SMILES string of the molecule is COc1ccc(C(=O)NNC(=S)NC(=O)Cc2cccc3ccccc23)cc1OC. The summed E-state index contributed by atoms with van der Waals surface area (Å²) in [5, 5.41) is 4.63. The van der Waals surface area contributed by atoms with Gasteiger partial charge in [0.25, 0.3) is 5.91 Å². The molecule has 0 aromatic heterocycles. The molecule has 0 radical (unpaired) electrons. The van der Waals surface area contributed by atoms with E-state index >= 15 is 0 Å². The van der Waals surface area contributed by atoms with Gasteiger partial charge in [0.1, 0.15) is 0 Å². The Labute approximate surface area is 179 Å². The van der Waals surface area contributed by atoms with E-state index in [4.69, 9.17) is 21.7 Å². The van der Waals surface area contributed by atoms with E-state index in [2.05, 4.69) is 16.2 Å². The van der Waals surface area contributed by atoms with Crippen molar-refractivity contribution in [1.29, 1.82) is 0 Å². The van der Waals surface area contributed by atoms with Crippen molar-refractivity contribution in [2.45, 2.75) is 6.42 Å². The van der Waals surface area contributed by atoms with Crippen molar-refractivity contribution in [1.82, 2.24) is 16.2 Å². The number of carbonyl (C=O) groups is 2. The van der Waals surface area contributed by atoms with Crippen molar-refractivity contribution < 1.29 is 19.1 Å². The monoisotopic (exact) mass is 423 g/mol. The van der Waals surface area contributed by atoms with Crippen LogP contribution >= 0.6 is 12.2 Å². The summed E-state index contributed by atoms with van der Waals surface area (Å²) in [5.41, 5.74) is 6.20. The number of amides is 2. The van der Waals surface area contributed by atoms with Crippen LogP contribution in [0.15, 0.2) is 60.7 Å². The second kappa shape index (κ2) is 9.71. The molecule has 2 amide bonds. The number of nitrogens with one attached hydrogen (secondary N) is 3. The molecule has 3 N–H and O–H groups in total. The summed E-state index contributed by atoms with van der Waals surface area (Å²) in [6.07, 6.45) is 0.160. The maximum atomic E-state index is 12.4. The molecule has 3 aromatic rings. The zero-order valence-corrected chi connectivity index (χ0v) is 17.3. The van der Waals surface area contributed by atoms with Crippen molar-refractivity contribution >= 4 is 39.9 Å². The van der Waals surface area contributed by atoms with E-state index in [-0.39, 0.29) is 17.4 Å². The van der Waals surface area contributed by atoms with Crippen molar-refractivity contribution in [3.63, 3.8) is 0 Å². The average Bonchev–Trinajstić information content (AvgIpc) is 2.77. The molecule has 0 aliphatic carbocycles. The van der Waals surface area contributed by atoms with Gasteiger partial charge in [0.2, 0.25) is 5.91 Å². The number of thiocarbonyl (C=S) groups is 1. The van der Waals surface area contributed by atoms with Crippen LogP contribution in [0.3, 0.4) is 0 Å². The molecule has 3 rings (SSSR count). The van der Waals surface area contributed by atoms with Crippen LogP contribution in [0.1, 0.15) is 15.9 Å². The van der Waals surface area contributed by atoms with Crippen LogP contribution in [-0.4, -0.2) is 31.1 Å². The molecule has 0 saturated carbocycles. The Kier molecular flexibility index (Phi) is 6.82. The predicted molar refractivity (Wildman–Crippen MR) is 119 cm³/mol. The lowest BCUT2D eigenvalue weighted by Gasteiger charge is -2.13. The Bertz CT molecular complexity index is 1100. The van der Waals surface area contributed by atoms with Crippen molar-refractivity contribution in [2.24, 2.45) is 0 Å². The summed E-state index contributed by atoms with van der Waals surface area (Å²) in [6, 6.07) is 18.4.